The van der Waals surface area contributed by atoms with E-state index in [-0.39, 0.29) is 0 Å². The van der Waals surface area contributed by atoms with E-state index in [1.54, 1.807) is 25.5 Å². The van der Waals surface area contributed by atoms with Crippen molar-refractivity contribution in [3.63, 3.8) is 0 Å². The molecule has 0 radical (unpaired) electrons. The summed E-state index contributed by atoms with van der Waals surface area (Å²) in [6.07, 6.45) is 15.7. The molecule has 3 aliphatic carbocycles. The highest BCUT2D eigenvalue weighted by Gasteiger charge is 2.52. The largest absolute Gasteiger partial charge is 0.513 e. The summed E-state index contributed by atoms with van der Waals surface area (Å²) in [5, 5.41) is 11.3. The number of rotatable bonds is 3. The predicted octanol–water partition coefficient (Wildman–Crippen LogP) is 12.6. The van der Waals surface area contributed by atoms with Crippen molar-refractivity contribution >= 4 is 5.69 Å². The fraction of sp³-hybridized carbons (Fsp3) is 0.714. The standard InChI is InChI=1S/C21H27NO.C4H8O.C4H10.3C2H6/c1-3-4-15-6-10-20-19-8-5-14-13-16(22-23)7-9-17(14)18(19)11-12-21(15,20)2;1-3-4(2)5;1-3-4-2;3*1-2/h4,7,9,13,18-20H,3,5-6,8,10-12H2,1-2H3;3,5H,1-2H3;3-4H2,1-2H3;3*1-2H3/b15-4+;4-3+;;;;. The van der Waals surface area contributed by atoms with Crippen LogP contribution >= 0.6 is 0 Å². The van der Waals surface area contributed by atoms with Crippen LogP contribution < -0.4 is 0 Å². The van der Waals surface area contributed by atoms with Crippen molar-refractivity contribution in [2.75, 3.05) is 0 Å². The van der Waals surface area contributed by atoms with Gasteiger partial charge >= 0.3 is 0 Å². The summed E-state index contributed by atoms with van der Waals surface area (Å²) in [5.74, 6) is 2.78. The lowest BCUT2D eigenvalue weighted by atomic mass is 9.55. The second kappa shape index (κ2) is 22.0. The van der Waals surface area contributed by atoms with Gasteiger partial charge in [-0.15, -0.1) is 4.91 Å². The average Bonchev–Trinajstić information content (AvgIpc) is 3.32. The number of hydrogen-bond donors (Lipinski definition) is 1. The molecule has 0 aromatic heterocycles. The third kappa shape index (κ3) is 10.7. The monoisotopic (exact) mass is 529 g/mol. The van der Waals surface area contributed by atoms with E-state index in [0.717, 1.165) is 18.3 Å². The van der Waals surface area contributed by atoms with Gasteiger partial charge in [0.2, 0.25) is 0 Å². The first-order valence-electron chi connectivity index (χ1n) is 15.8. The van der Waals surface area contributed by atoms with Crippen LogP contribution in [0.3, 0.4) is 0 Å². The molecule has 3 nitrogen and oxygen atoms in total. The van der Waals surface area contributed by atoms with Crippen LogP contribution in [0.15, 0.2) is 46.9 Å². The molecule has 2 fully saturated rings. The molecule has 1 aromatic rings. The summed E-state index contributed by atoms with van der Waals surface area (Å²) in [6, 6.07) is 6.14. The van der Waals surface area contributed by atoms with E-state index in [1.807, 2.05) is 53.7 Å². The number of aliphatic hydroxyl groups is 1. The first-order valence-corrected chi connectivity index (χ1v) is 15.8. The molecule has 220 valence electrons. The number of allylic oxidation sites excluding steroid dienone is 4. The van der Waals surface area contributed by atoms with Gasteiger partial charge in [0.15, 0.2) is 0 Å². The van der Waals surface area contributed by atoms with Crippen LogP contribution in [0, 0.1) is 22.2 Å². The van der Waals surface area contributed by atoms with Crippen LogP contribution in [0.4, 0.5) is 5.69 Å². The number of benzene rings is 1. The third-order valence-electron chi connectivity index (χ3n) is 8.03. The number of unbranched alkanes of at least 4 members (excludes halogenated alkanes) is 1. The van der Waals surface area contributed by atoms with E-state index in [9.17, 15) is 4.91 Å². The lowest BCUT2D eigenvalue weighted by Crippen LogP contribution is -2.40. The van der Waals surface area contributed by atoms with Gasteiger partial charge < -0.3 is 5.11 Å². The Hall–Kier alpha value is -1.90. The molecule has 1 N–H and O–H groups in total. The quantitative estimate of drug-likeness (QED) is 0.240. The maximum atomic E-state index is 10.8. The average molecular weight is 530 g/mol. The fourth-order valence-electron chi connectivity index (χ4n) is 6.06. The minimum atomic E-state index is 0.380. The molecular weight excluding hydrogens is 466 g/mol. The molecule has 3 aliphatic rings. The van der Waals surface area contributed by atoms with Gasteiger partial charge in [0.1, 0.15) is 5.69 Å². The molecule has 0 spiro atoms. The molecule has 4 unspecified atom stereocenters. The molecule has 1 aromatic carbocycles. The molecule has 38 heavy (non-hydrogen) atoms. The number of nitroso groups, excluding NO2 is 1. The Bertz CT molecular complexity index is 804. The first kappa shape index (κ1) is 38.2. The maximum absolute atomic E-state index is 10.8. The van der Waals surface area contributed by atoms with E-state index < -0.39 is 0 Å². The Morgan fingerprint density at radius 3 is 2.05 bits per heavy atom. The normalized spacial score (nSPS) is 25.3. The minimum absolute atomic E-state index is 0.380. The van der Waals surface area contributed by atoms with Crippen LogP contribution in [0.1, 0.15) is 151 Å². The van der Waals surface area contributed by atoms with Crippen LogP contribution in [-0.2, 0) is 6.42 Å². The highest BCUT2D eigenvalue weighted by Crippen LogP contribution is 2.62. The molecule has 0 bridgehead atoms. The van der Waals surface area contributed by atoms with Gasteiger partial charge in [-0.25, -0.2) is 0 Å². The van der Waals surface area contributed by atoms with Gasteiger partial charge in [0, 0.05) is 0 Å². The summed E-state index contributed by atoms with van der Waals surface area (Å²) in [4.78, 5) is 10.8. The van der Waals surface area contributed by atoms with Crippen molar-refractivity contribution in [2.45, 2.75) is 147 Å². The number of aliphatic hydroxyl groups excluding tert-OH is 1. The number of fused-ring (bicyclic) bond motifs is 5. The van der Waals surface area contributed by atoms with Gasteiger partial charge in [0.25, 0.3) is 0 Å². The van der Waals surface area contributed by atoms with Crippen molar-refractivity contribution in [1.82, 2.24) is 0 Å². The summed E-state index contributed by atoms with van der Waals surface area (Å²) < 4.78 is 0. The van der Waals surface area contributed by atoms with Gasteiger partial charge in [-0.05, 0) is 110 Å². The zero-order valence-electron chi connectivity index (χ0n) is 27.3. The predicted molar refractivity (Wildman–Crippen MR) is 172 cm³/mol. The fourth-order valence-corrected chi connectivity index (χ4v) is 6.06. The van der Waals surface area contributed by atoms with E-state index in [4.69, 9.17) is 5.11 Å². The molecule has 0 heterocycles. The SMILES string of the molecule is C/C=C(\C)O.CC.CC.CC.CC/C=C1\CCC2C3CCc4cc(N=O)ccc4C3CCC12C.CCCC. The maximum Gasteiger partial charge on any atom is 0.108 e. The lowest BCUT2D eigenvalue weighted by molar-refractivity contribution is 0.0813. The Kier molecular flexibility index (Phi) is 22.1. The Morgan fingerprint density at radius 1 is 1.00 bits per heavy atom. The molecule has 4 rings (SSSR count). The topological polar surface area (TPSA) is 49.7 Å². The van der Waals surface area contributed by atoms with Crippen molar-refractivity contribution in [3.8, 4) is 0 Å². The second-order valence-electron chi connectivity index (χ2n) is 9.95. The molecule has 0 amide bonds. The number of aryl methyl sites for hydroxylation is 1. The highest BCUT2D eigenvalue weighted by atomic mass is 16.3. The van der Waals surface area contributed by atoms with Gasteiger partial charge in [-0.2, -0.15) is 0 Å². The molecule has 3 heteroatoms. The molecule has 4 atom stereocenters. The number of hydrogen-bond acceptors (Lipinski definition) is 3. The van der Waals surface area contributed by atoms with Crippen LogP contribution in [0.25, 0.3) is 0 Å². The Morgan fingerprint density at radius 2 is 1.58 bits per heavy atom. The minimum Gasteiger partial charge on any atom is -0.513 e. The summed E-state index contributed by atoms with van der Waals surface area (Å²) in [7, 11) is 0. The van der Waals surface area contributed by atoms with E-state index in [2.05, 4.69) is 45.0 Å². The number of nitrogens with zero attached hydrogens (tertiary/aromatic N) is 1. The van der Waals surface area contributed by atoms with Crippen molar-refractivity contribution in [1.29, 1.82) is 0 Å². The van der Waals surface area contributed by atoms with Gasteiger partial charge in [-0.1, -0.05) is 106 Å². The summed E-state index contributed by atoms with van der Waals surface area (Å²) in [6.45, 7) is 24.6. The van der Waals surface area contributed by atoms with Crippen LogP contribution in [0.2, 0.25) is 0 Å². The first-order chi connectivity index (χ1) is 18.4. The van der Waals surface area contributed by atoms with Crippen LogP contribution in [0.5, 0.6) is 0 Å². The molecule has 2 saturated carbocycles. The second-order valence-corrected chi connectivity index (χ2v) is 9.95. The smallest absolute Gasteiger partial charge is 0.108 e. The van der Waals surface area contributed by atoms with Crippen LogP contribution in [-0.4, -0.2) is 5.11 Å². The van der Waals surface area contributed by atoms with Gasteiger partial charge in [-0.3, -0.25) is 0 Å². The van der Waals surface area contributed by atoms with E-state index >= 15 is 0 Å². The van der Waals surface area contributed by atoms with E-state index in [0.29, 0.717) is 22.8 Å². The van der Waals surface area contributed by atoms with E-state index in [1.165, 1.54) is 62.5 Å². The third-order valence-corrected chi connectivity index (χ3v) is 8.03. The lowest BCUT2D eigenvalue weighted by Gasteiger charge is -2.49. The Labute approximate surface area is 237 Å². The summed E-state index contributed by atoms with van der Waals surface area (Å²) in [5.41, 5.74) is 5.70. The zero-order chi connectivity index (χ0) is 29.7. The Balaban J connectivity index is 0. The van der Waals surface area contributed by atoms with Crippen molar-refractivity contribution in [2.24, 2.45) is 22.4 Å². The molecular formula is C35H63NO2. The highest BCUT2D eigenvalue weighted by molar-refractivity contribution is 5.47. The molecule has 0 saturated heterocycles. The van der Waals surface area contributed by atoms with Crippen molar-refractivity contribution in [3.05, 3.63) is 57.7 Å². The van der Waals surface area contributed by atoms with Gasteiger partial charge in [0.05, 0.1) is 5.76 Å². The molecule has 0 aliphatic heterocycles. The summed E-state index contributed by atoms with van der Waals surface area (Å²) >= 11 is 0. The zero-order valence-corrected chi connectivity index (χ0v) is 27.3. The van der Waals surface area contributed by atoms with Crippen molar-refractivity contribution < 1.29 is 5.11 Å².